The molecule has 15 heavy (non-hydrogen) atoms. The Morgan fingerprint density at radius 1 is 1.80 bits per heavy atom. The highest BCUT2D eigenvalue weighted by Gasteiger charge is 2.31. The van der Waals surface area contributed by atoms with Gasteiger partial charge in [-0.25, -0.2) is 4.98 Å². The van der Waals surface area contributed by atoms with Gasteiger partial charge in [-0.1, -0.05) is 5.11 Å². The summed E-state index contributed by atoms with van der Waals surface area (Å²) in [5.74, 6) is 0.181. The molecule has 1 unspecified atom stereocenters. The van der Waals surface area contributed by atoms with Gasteiger partial charge < -0.3 is 0 Å². The van der Waals surface area contributed by atoms with Crippen LogP contribution in [0.1, 0.15) is 6.42 Å². The van der Waals surface area contributed by atoms with Gasteiger partial charge in [0.05, 0.1) is 0 Å². The van der Waals surface area contributed by atoms with Crippen molar-refractivity contribution < 1.29 is 4.79 Å². The number of hydrogen-bond donors (Lipinski definition) is 0. The number of azide groups is 1. The average molecular weight is 223 g/mol. The third-order valence-electron chi connectivity index (χ3n) is 2.26. The number of thiazole rings is 1. The van der Waals surface area contributed by atoms with Gasteiger partial charge in [0.15, 0.2) is 5.13 Å². The zero-order valence-electron chi connectivity index (χ0n) is 7.91. The van der Waals surface area contributed by atoms with Crippen molar-refractivity contribution in [1.82, 2.24) is 4.98 Å². The van der Waals surface area contributed by atoms with Gasteiger partial charge in [0.25, 0.3) is 0 Å². The lowest BCUT2D eigenvalue weighted by Gasteiger charge is -2.11. The summed E-state index contributed by atoms with van der Waals surface area (Å²) in [5.41, 5.74) is 8.19. The Bertz CT molecular complexity index is 397. The Labute approximate surface area is 90.2 Å². The van der Waals surface area contributed by atoms with E-state index in [1.807, 2.05) is 5.38 Å². The molecule has 1 atom stereocenters. The zero-order chi connectivity index (χ0) is 10.7. The smallest absolute Gasteiger partial charge is 0.229 e. The van der Waals surface area contributed by atoms with Crippen LogP contribution in [-0.2, 0) is 4.79 Å². The second-order valence-corrected chi connectivity index (χ2v) is 4.18. The molecule has 78 valence electrons. The summed E-state index contributed by atoms with van der Waals surface area (Å²) >= 11 is 1.44. The van der Waals surface area contributed by atoms with Crippen LogP contribution in [0.25, 0.3) is 10.4 Å². The third kappa shape index (κ3) is 2.08. The molecule has 0 aromatic carbocycles. The van der Waals surface area contributed by atoms with Crippen molar-refractivity contribution in [3.05, 3.63) is 22.0 Å². The number of amides is 1. The maximum Gasteiger partial charge on any atom is 0.229 e. The van der Waals surface area contributed by atoms with Gasteiger partial charge in [-0.15, -0.1) is 11.3 Å². The predicted octanol–water partition coefficient (Wildman–Crippen LogP) is 1.81. The van der Waals surface area contributed by atoms with E-state index in [0.717, 1.165) is 5.13 Å². The molecule has 2 heterocycles. The highest BCUT2D eigenvalue weighted by Crippen LogP contribution is 2.26. The number of hydrogen-bond acceptors (Lipinski definition) is 4. The monoisotopic (exact) mass is 223 g/mol. The van der Waals surface area contributed by atoms with Crippen molar-refractivity contribution >= 4 is 22.4 Å². The number of anilines is 1. The van der Waals surface area contributed by atoms with E-state index in [0.29, 0.717) is 19.5 Å². The van der Waals surface area contributed by atoms with Crippen LogP contribution in [0.5, 0.6) is 0 Å². The summed E-state index contributed by atoms with van der Waals surface area (Å²) in [5, 5.41) is 6.05. The van der Waals surface area contributed by atoms with Crippen LogP contribution in [0.3, 0.4) is 0 Å². The molecule has 2 rings (SSSR count). The zero-order valence-corrected chi connectivity index (χ0v) is 8.72. The highest BCUT2D eigenvalue weighted by molar-refractivity contribution is 7.13. The van der Waals surface area contributed by atoms with Crippen LogP contribution < -0.4 is 4.90 Å². The summed E-state index contributed by atoms with van der Waals surface area (Å²) in [6.45, 7) is 0.982. The van der Waals surface area contributed by atoms with Crippen LogP contribution in [-0.4, -0.2) is 24.0 Å². The SMILES string of the molecule is [N-]=[N+]=NCC1CC(=O)N(c2nccs2)C1. The molecule has 0 saturated carbocycles. The van der Waals surface area contributed by atoms with Gasteiger partial charge in [0, 0.05) is 36.0 Å². The van der Waals surface area contributed by atoms with Gasteiger partial charge in [-0.2, -0.15) is 0 Å². The second kappa shape index (κ2) is 4.29. The van der Waals surface area contributed by atoms with E-state index in [-0.39, 0.29) is 11.8 Å². The molecule has 0 bridgehead atoms. The van der Waals surface area contributed by atoms with Crippen LogP contribution in [0.15, 0.2) is 16.7 Å². The molecule has 7 heteroatoms. The van der Waals surface area contributed by atoms with Gasteiger partial charge in [0.1, 0.15) is 0 Å². The largest absolute Gasteiger partial charge is 0.288 e. The van der Waals surface area contributed by atoms with Crippen molar-refractivity contribution in [2.75, 3.05) is 18.0 Å². The van der Waals surface area contributed by atoms with E-state index >= 15 is 0 Å². The van der Waals surface area contributed by atoms with E-state index in [4.69, 9.17) is 5.53 Å². The molecule has 0 N–H and O–H groups in total. The van der Waals surface area contributed by atoms with E-state index in [2.05, 4.69) is 15.0 Å². The van der Waals surface area contributed by atoms with Crippen molar-refractivity contribution in [3.8, 4) is 0 Å². The molecule has 0 radical (unpaired) electrons. The minimum atomic E-state index is 0.0584. The molecule has 1 fully saturated rings. The molecule has 1 aliphatic heterocycles. The summed E-state index contributed by atoms with van der Waals surface area (Å²) in [7, 11) is 0. The first-order chi connectivity index (χ1) is 7.31. The van der Waals surface area contributed by atoms with E-state index in [1.54, 1.807) is 11.1 Å². The van der Waals surface area contributed by atoms with Crippen molar-refractivity contribution in [2.45, 2.75) is 6.42 Å². The predicted molar refractivity (Wildman–Crippen MR) is 56.6 cm³/mol. The molecule has 1 aromatic heterocycles. The third-order valence-corrected chi connectivity index (χ3v) is 3.05. The fraction of sp³-hybridized carbons (Fsp3) is 0.500. The Hall–Kier alpha value is -1.59. The first kappa shape index (κ1) is 9.95. The molecule has 6 nitrogen and oxygen atoms in total. The average Bonchev–Trinajstić information content (AvgIpc) is 2.83. The molecule has 1 saturated heterocycles. The van der Waals surface area contributed by atoms with Gasteiger partial charge in [0.2, 0.25) is 5.91 Å². The first-order valence-corrected chi connectivity index (χ1v) is 5.40. The lowest BCUT2D eigenvalue weighted by Crippen LogP contribution is -2.24. The normalized spacial score (nSPS) is 20.4. The fourth-order valence-electron chi connectivity index (χ4n) is 1.59. The Kier molecular flexibility index (Phi) is 2.84. The topological polar surface area (TPSA) is 82.0 Å². The maximum atomic E-state index is 11.6. The number of rotatable bonds is 3. The highest BCUT2D eigenvalue weighted by atomic mass is 32.1. The number of carbonyl (C=O) groups is 1. The molecule has 0 aliphatic carbocycles. The molecule has 1 aromatic rings. The molecule has 0 spiro atoms. The van der Waals surface area contributed by atoms with Crippen molar-refractivity contribution in [2.24, 2.45) is 11.0 Å². The quantitative estimate of drug-likeness (QED) is 0.444. The summed E-state index contributed by atoms with van der Waals surface area (Å²) in [6, 6.07) is 0. The lowest BCUT2D eigenvalue weighted by atomic mass is 10.1. The number of nitrogens with zero attached hydrogens (tertiary/aromatic N) is 5. The standard InChI is InChI=1S/C8H9N5OS/c9-12-11-4-6-3-7(14)13(5-6)8-10-1-2-15-8/h1-2,6H,3-5H2. The molecule has 1 aliphatic rings. The maximum absolute atomic E-state index is 11.6. The van der Waals surface area contributed by atoms with E-state index in [1.165, 1.54) is 11.3 Å². The molecule has 1 amide bonds. The number of carbonyl (C=O) groups excluding carboxylic acids is 1. The van der Waals surface area contributed by atoms with E-state index in [9.17, 15) is 4.79 Å². The fourth-order valence-corrected chi connectivity index (χ4v) is 2.26. The Morgan fingerprint density at radius 3 is 3.33 bits per heavy atom. The summed E-state index contributed by atoms with van der Waals surface area (Å²) in [4.78, 5) is 20.0. The molecular formula is C8H9N5OS. The summed E-state index contributed by atoms with van der Waals surface area (Å²) in [6.07, 6.45) is 2.12. The summed E-state index contributed by atoms with van der Waals surface area (Å²) < 4.78 is 0. The number of aromatic nitrogens is 1. The Balaban J connectivity index is 2.05. The van der Waals surface area contributed by atoms with E-state index < -0.39 is 0 Å². The Morgan fingerprint density at radius 2 is 2.67 bits per heavy atom. The first-order valence-electron chi connectivity index (χ1n) is 4.52. The van der Waals surface area contributed by atoms with Crippen LogP contribution in [0, 0.1) is 5.92 Å². The van der Waals surface area contributed by atoms with Crippen LogP contribution in [0.2, 0.25) is 0 Å². The van der Waals surface area contributed by atoms with Gasteiger partial charge in [-0.05, 0) is 11.4 Å². The van der Waals surface area contributed by atoms with Gasteiger partial charge >= 0.3 is 0 Å². The van der Waals surface area contributed by atoms with Gasteiger partial charge in [-0.3, -0.25) is 9.69 Å². The van der Waals surface area contributed by atoms with Crippen molar-refractivity contribution in [1.29, 1.82) is 0 Å². The molecular weight excluding hydrogens is 214 g/mol. The lowest BCUT2D eigenvalue weighted by molar-refractivity contribution is -0.117. The van der Waals surface area contributed by atoms with Crippen LogP contribution in [0.4, 0.5) is 5.13 Å². The minimum absolute atomic E-state index is 0.0584. The minimum Gasteiger partial charge on any atom is -0.288 e. The van der Waals surface area contributed by atoms with Crippen LogP contribution >= 0.6 is 11.3 Å². The second-order valence-electron chi connectivity index (χ2n) is 3.30. The van der Waals surface area contributed by atoms with Crippen molar-refractivity contribution in [3.63, 3.8) is 0 Å².